The zero-order chi connectivity index (χ0) is 18.0. The fraction of sp³-hybridized carbons (Fsp3) is 0.438. The number of halogens is 1. The van der Waals surface area contributed by atoms with Crippen LogP contribution in [0.15, 0.2) is 29.3 Å². The normalized spacial score (nSPS) is 18.9. The predicted octanol–water partition coefficient (Wildman–Crippen LogP) is 2.13. The molecule has 1 atom stereocenters. The van der Waals surface area contributed by atoms with Gasteiger partial charge in [0.15, 0.2) is 11.5 Å². The Balaban J connectivity index is 1.93. The van der Waals surface area contributed by atoms with Gasteiger partial charge in [-0.1, -0.05) is 0 Å². The van der Waals surface area contributed by atoms with Gasteiger partial charge in [-0.15, -0.1) is 0 Å². The van der Waals surface area contributed by atoms with Crippen molar-refractivity contribution < 1.29 is 22.3 Å². The molecule has 1 fully saturated rings. The highest BCUT2D eigenvalue weighted by Crippen LogP contribution is 2.35. The topological polar surface area (TPSA) is 84.5 Å². The molecule has 1 aromatic heterocycles. The summed E-state index contributed by atoms with van der Waals surface area (Å²) in [5.41, 5.74) is 0.882. The second kappa shape index (κ2) is 7.01. The number of hydrogen-bond acceptors (Lipinski definition) is 5. The SMILES string of the molecule is COc1cc(F)c(S(=O)(=O)N2CCC[C@@H](c3ccn[nH]3)C2)cc1OC. The van der Waals surface area contributed by atoms with Gasteiger partial charge in [-0.05, 0) is 18.9 Å². The minimum Gasteiger partial charge on any atom is -0.493 e. The Morgan fingerprint density at radius 2 is 2.00 bits per heavy atom. The minimum absolute atomic E-state index is 0.00855. The van der Waals surface area contributed by atoms with Crippen molar-refractivity contribution in [3.05, 3.63) is 35.9 Å². The Kier molecular flexibility index (Phi) is 4.96. The van der Waals surface area contributed by atoms with E-state index in [9.17, 15) is 12.8 Å². The van der Waals surface area contributed by atoms with Crippen LogP contribution in [0.5, 0.6) is 11.5 Å². The van der Waals surface area contributed by atoms with Gasteiger partial charge in [0, 0.05) is 43.0 Å². The van der Waals surface area contributed by atoms with E-state index in [4.69, 9.17) is 9.47 Å². The summed E-state index contributed by atoms with van der Waals surface area (Å²) in [5.74, 6) is -0.534. The number of aromatic nitrogens is 2. The molecule has 0 radical (unpaired) electrons. The van der Waals surface area contributed by atoms with Crippen LogP contribution in [0.3, 0.4) is 0 Å². The first-order valence-electron chi connectivity index (χ1n) is 7.88. The summed E-state index contributed by atoms with van der Waals surface area (Å²) >= 11 is 0. The Morgan fingerprint density at radius 1 is 1.28 bits per heavy atom. The van der Waals surface area contributed by atoms with Crippen LogP contribution >= 0.6 is 0 Å². The van der Waals surface area contributed by atoms with Crippen molar-refractivity contribution in [3.8, 4) is 11.5 Å². The number of piperidine rings is 1. The average molecular weight is 369 g/mol. The highest BCUT2D eigenvalue weighted by atomic mass is 32.2. The standard InChI is InChI=1S/C16H20FN3O4S/c1-23-14-8-12(17)16(9-15(14)24-2)25(21,22)20-7-3-4-11(10-20)13-5-6-18-19-13/h5-6,8-9,11H,3-4,7,10H2,1-2H3,(H,18,19)/t11-/m1/s1. The first-order chi connectivity index (χ1) is 12.0. The van der Waals surface area contributed by atoms with Gasteiger partial charge >= 0.3 is 0 Å². The van der Waals surface area contributed by atoms with Gasteiger partial charge in [-0.3, -0.25) is 5.10 Å². The Morgan fingerprint density at radius 3 is 2.64 bits per heavy atom. The van der Waals surface area contributed by atoms with Crippen LogP contribution in [0.1, 0.15) is 24.5 Å². The van der Waals surface area contributed by atoms with Gasteiger partial charge in [0.25, 0.3) is 0 Å². The summed E-state index contributed by atoms with van der Waals surface area (Å²) in [6, 6.07) is 4.03. The van der Waals surface area contributed by atoms with Crippen molar-refractivity contribution in [3.63, 3.8) is 0 Å². The summed E-state index contributed by atoms with van der Waals surface area (Å²) in [6.45, 7) is 0.624. The van der Waals surface area contributed by atoms with E-state index in [0.717, 1.165) is 18.2 Å². The van der Waals surface area contributed by atoms with E-state index >= 15 is 0 Å². The lowest BCUT2D eigenvalue weighted by molar-refractivity contribution is 0.310. The summed E-state index contributed by atoms with van der Waals surface area (Å²) in [5, 5.41) is 6.80. The number of benzene rings is 1. The summed E-state index contributed by atoms with van der Waals surface area (Å²) in [7, 11) is -1.24. The number of aromatic amines is 1. The first-order valence-corrected chi connectivity index (χ1v) is 9.32. The van der Waals surface area contributed by atoms with Crippen LogP contribution in [0, 0.1) is 5.82 Å². The number of ether oxygens (including phenoxy) is 2. The molecule has 0 spiro atoms. The Labute approximate surface area is 145 Å². The maximum atomic E-state index is 14.4. The lowest BCUT2D eigenvalue weighted by Crippen LogP contribution is -2.39. The van der Waals surface area contributed by atoms with Crippen molar-refractivity contribution in [2.45, 2.75) is 23.7 Å². The van der Waals surface area contributed by atoms with Gasteiger partial charge in [0.05, 0.1) is 14.2 Å². The molecule has 1 saturated heterocycles. The fourth-order valence-electron chi connectivity index (χ4n) is 3.08. The zero-order valence-electron chi connectivity index (χ0n) is 14.0. The van der Waals surface area contributed by atoms with Crippen molar-refractivity contribution in [1.82, 2.24) is 14.5 Å². The summed E-state index contributed by atoms with van der Waals surface area (Å²) in [6.07, 6.45) is 3.18. The molecule has 0 bridgehead atoms. The molecule has 0 aliphatic carbocycles. The predicted molar refractivity (Wildman–Crippen MR) is 88.8 cm³/mol. The highest BCUT2D eigenvalue weighted by molar-refractivity contribution is 7.89. The molecular weight excluding hydrogens is 349 g/mol. The number of nitrogens with zero attached hydrogens (tertiary/aromatic N) is 2. The number of methoxy groups -OCH3 is 2. The van der Waals surface area contributed by atoms with Crippen molar-refractivity contribution in [1.29, 1.82) is 0 Å². The van der Waals surface area contributed by atoms with Gasteiger partial charge < -0.3 is 9.47 Å². The van der Waals surface area contributed by atoms with Crippen molar-refractivity contribution in [2.75, 3.05) is 27.3 Å². The summed E-state index contributed by atoms with van der Waals surface area (Å²) < 4.78 is 51.8. The van der Waals surface area contributed by atoms with Crippen LogP contribution in [0.2, 0.25) is 0 Å². The largest absolute Gasteiger partial charge is 0.493 e. The van der Waals surface area contributed by atoms with E-state index in [0.29, 0.717) is 13.0 Å². The molecule has 1 aliphatic heterocycles. The second-order valence-electron chi connectivity index (χ2n) is 5.85. The van der Waals surface area contributed by atoms with E-state index in [1.165, 1.54) is 24.6 Å². The third kappa shape index (κ3) is 3.34. The minimum atomic E-state index is -3.99. The van der Waals surface area contributed by atoms with Crippen LogP contribution in [-0.4, -0.2) is 50.2 Å². The molecule has 9 heteroatoms. The van der Waals surface area contributed by atoms with Gasteiger partial charge in [-0.2, -0.15) is 9.40 Å². The maximum Gasteiger partial charge on any atom is 0.246 e. The van der Waals surface area contributed by atoms with Crippen LogP contribution in [0.4, 0.5) is 4.39 Å². The molecule has 2 aromatic rings. The van der Waals surface area contributed by atoms with Crippen LogP contribution in [-0.2, 0) is 10.0 Å². The molecule has 3 rings (SSSR count). The third-order valence-corrected chi connectivity index (χ3v) is 6.28. The molecule has 0 amide bonds. The lowest BCUT2D eigenvalue weighted by atomic mass is 9.96. The monoisotopic (exact) mass is 369 g/mol. The average Bonchev–Trinajstić information content (AvgIpc) is 3.16. The van der Waals surface area contributed by atoms with E-state index in [2.05, 4.69) is 10.2 Å². The molecule has 1 N–H and O–H groups in total. The second-order valence-corrected chi connectivity index (χ2v) is 7.76. The van der Waals surface area contributed by atoms with Gasteiger partial charge in [0.2, 0.25) is 10.0 Å². The van der Waals surface area contributed by atoms with E-state index in [1.807, 2.05) is 6.07 Å². The van der Waals surface area contributed by atoms with Crippen molar-refractivity contribution >= 4 is 10.0 Å². The highest BCUT2D eigenvalue weighted by Gasteiger charge is 2.34. The number of nitrogens with one attached hydrogen (secondary N) is 1. The van der Waals surface area contributed by atoms with Crippen molar-refractivity contribution in [2.24, 2.45) is 0 Å². The van der Waals surface area contributed by atoms with E-state index in [1.54, 1.807) is 6.20 Å². The summed E-state index contributed by atoms with van der Waals surface area (Å²) in [4.78, 5) is -0.407. The molecule has 1 aliphatic rings. The number of hydrogen-bond donors (Lipinski definition) is 1. The van der Waals surface area contributed by atoms with Gasteiger partial charge in [0.1, 0.15) is 10.7 Å². The smallest absolute Gasteiger partial charge is 0.246 e. The molecule has 0 unspecified atom stereocenters. The van der Waals surface area contributed by atoms with E-state index < -0.39 is 20.7 Å². The molecule has 2 heterocycles. The molecule has 136 valence electrons. The Hall–Kier alpha value is -2.13. The quantitative estimate of drug-likeness (QED) is 0.873. The Bertz CT molecular complexity index is 839. The fourth-order valence-corrected chi connectivity index (χ4v) is 4.67. The molecule has 0 saturated carbocycles. The maximum absolute atomic E-state index is 14.4. The van der Waals surface area contributed by atoms with E-state index in [-0.39, 0.29) is 24.0 Å². The van der Waals surface area contributed by atoms with Crippen LogP contribution < -0.4 is 9.47 Å². The number of rotatable bonds is 5. The lowest BCUT2D eigenvalue weighted by Gasteiger charge is -2.31. The first kappa shape index (κ1) is 17.7. The zero-order valence-corrected chi connectivity index (χ0v) is 14.8. The number of H-pyrrole nitrogens is 1. The van der Waals surface area contributed by atoms with Gasteiger partial charge in [-0.25, -0.2) is 12.8 Å². The molecule has 25 heavy (non-hydrogen) atoms. The molecular formula is C16H20FN3O4S. The molecule has 7 nitrogen and oxygen atoms in total. The number of sulfonamides is 1. The third-order valence-electron chi connectivity index (χ3n) is 4.40. The molecule has 1 aromatic carbocycles. The van der Waals surface area contributed by atoms with Crippen LogP contribution in [0.25, 0.3) is 0 Å².